The van der Waals surface area contributed by atoms with Gasteiger partial charge in [-0.05, 0) is 12.1 Å². The van der Waals surface area contributed by atoms with Crippen molar-refractivity contribution in [2.24, 2.45) is 0 Å². The van der Waals surface area contributed by atoms with Gasteiger partial charge in [-0.2, -0.15) is 8.42 Å². The maximum absolute atomic E-state index is 13.8. The van der Waals surface area contributed by atoms with E-state index in [4.69, 9.17) is 27.8 Å². The minimum absolute atomic E-state index is 0.592. The van der Waals surface area contributed by atoms with E-state index in [1.54, 1.807) is 0 Å². The van der Waals surface area contributed by atoms with Crippen molar-refractivity contribution in [2.75, 3.05) is 0 Å². The third-order valence-electron chi connectivity index (χ3n) is 2.79. The summed E-state index contributed by atoms with van der Waals surface area (Å²) in [7, 11) is -4.93. The molecule has 0 bridgehead atoms. The van der Waals surface area contributed by atoms with Gasteiger partial charge in [0.25, 0.3) is 10.1 Å². The summed E-state index contributed by atoms with van der Waals surface area (Å²) < 4.78 is 98.5. The lowest BCUT2D eigenvalue weighted by Gasteiger charge is -2.13. The number of hydrogen-bond acceptors (Lipinski definition) is 2. The van der Waals surface area contributed by atoms with E-state index in [2.05, 4.69) is 0 Å². The van der Waals surface area contributed by atoms with E-state index in [1.807, 2.05) is 0 Å². The van der Waals surface area contributed by atoms with E-state index >= 15 is 0 Å². The zero-order chi connectivity index (χ0) is 17.7. The largest absolute Gasteiger partial charge is 0.296 e. The van der Waals surface area contributed by atoms with Crippen LogP contribution in [0.15, 0.2) is 17.0 Å². The van der Waals surface area contributed by atoms with Crippen molar-refractivity contribution in [1.82, 2.24) is 0 Å². The van der Waals surface area contributed by atoms with Crippen molar-refractivity contribution in [3.8, 4) is 11.1 Å². The van der Waals surface area contributed by atoms with Gasteiger partial charge in [-0.3, -0.25) is 4.55 Å². The molecule has 2 rings (SSSR count). The van der Waals surface area contributed by atoms with Crippen molar-refractivity contribution >= 4 is 33.3 Å². The van der Waals surface area contributed by atoms with Gasteiger partial charge in [0.15, 0.2) is 23.3 Å². The van der Waals surface area contributed by atoms with Crippen molar-refractivity contribution in [2.45, 2.75) is 4.90 Å². The molecule has 0 aromatic heterocycles. The molecule has 0 radical (unpaired) electrons. The molecule has 0 aliphatic heterocycles. The Balaban J connectivity index is 3.00. The molecule has 0 saturated carbocycles. The van der Waals surface area contributed by atoms with Gasteiger partial charge in [0.2, 0.25) is 5.82 Å². The molecule has 23 heavy (non-hydrogen) atoms. The van der Waals surface area contributed by atoms with Crippen LogP contribution in [0.4, 0.5) is 22.0 Å². The fourth-order valence-electron chi connectivity index (χ4n) is 1.79. The van der Waals surface area contributed by atoms with Crippen molar-refractivity contribution in [3.05, 3.63) is 51.3 Å². The number of halogens is 7. The highest BCUT2D eigenvalue weighted by Gasteiger charge is 2.31. The lowest BCUT2D eigenvalue weighted by molar-refractivity contribution is 0.381. The summed E-state index contributed by atoms with van der Waals surface area (Å²) in [6, 6.07) is 1.47. The summed E-state index contributed by atoms with van der Waals surface area (Å²) in [6.07, 6.45) is 0. The number of hydrogen-bond donors (Lipinski definition) is 1. The van der Waals surface area contributed by atoms with Gasteiger partial charge >= 0.3 is 0 Å². The van der Waals surface area contributed by atoms with E-state index in [9.17, 15) is 30.4 Å². The molecule has 0 atom stereocenters. The van der Waals surface area contributed by atoms with Gasteiger partial charge < -0.3 is 0 Å². The number of rotatable bonds is 2. The van der Waals surface area contributed by atoms with Crippen LogP contribution in [0.2, 0.25) is 10.0 Å². The fraction of sp³-hybridized carbons (Fsp3) is 0. The third-order valence-corrected chi connectivity index (χ3v) is 4.51. The quantitative estimate of drug-likeness (QED) is 0.351. The first-order valence-corrected chi connectivity index (χ1v) is 7.65. The Labute approximate surface area is 136 Å². The highest BCUT2D eigenvalue weighted by Crippen LogP contribution is 2.42. The lowest BCUT2D eigenvalue weighted by Crippen LogP contribution is -2.06. The zero-order valence-corrected chi connectivity index (χ0v) is 12.8. The lowest BCUT2D eigenvalue weighted by atomic mass is 10.0. The minimum Gasteiger partial charge on any atom is -0.282 e. The molecule has 0 fully saturated rings. The highest BCUT2D eigenvalue weighted by molar-refractivity contribution is 7.86. The van der Waals surface area contributed by atoms with E-state index in [1.165, 1.54) is 0 Å². The number of benzene rings is 2. The smallest absolute Gasteiger partial charge is 0.282 e. The Kier molecular flexibility index (Phi) is 4.60. The molecule has 3 nitrogen and oxygen atoms in total. The summed E-state index contributed by atoms with van der Waals surface area (Å²) in [5.74, 6) is -11.4. The van der Waals surface area contributed by atoms with Crippen LogP contribution in [0.1, 0.15) is 0 Å². The maximum Gasteiger partial charge on any atom is 0.296 e. The minimum atomic E-state index is -4.93. The first kappa shape index (κ1) is 17.9. The summed E-state index contributed by atoms with van der Waals surface area (Å²) in [5.41, 5.74) is -2.47. The molecule has 1 N–H and O–H groups in total. The second-order valence-corrected chi connectivity index (χ2v) is 6.33. The molecule has 11 heteroatoms. The average Bonchev–Trinajstić information content (AvgIpc) is 2.45. The van der Waals surface area contributed by atoms with Crippen LogP contribution in [-0.4, -0.2) is 13.0 Å². The van der Waals surface area contributed by atoms with Gasteiger partial charge in [-0.25, -0.2) is 22.0 Å². The Morgan fingerprint density at radius 1 is 0.783 bits per heavy atom. The standard InChI is InChI=1S/C12H3Cl2F5O3S/c13-3-1-2-4(23(20,21)22)7(14)5(3)6-8(15)10(17)12(19)11(18)9(6)16/h1-2H,(H,20,21,22). The Morgan fingerprint density at radius 2 is 1.22 bits per heavy atom. The summed E-state index contributed by atoms with van der Waals surface area (Å²) in [5, 5.41) is -1.59. The first-order chi connectivity index (χ1) is 10.5. The van der Waals surface area contributed by atoms with Gasteiger partial charge in [-0.1, -0.05) is 23.2 Å². The molecule has 0 saturated heterocycles. The van der Waals surface area contributed by atoms with E-state index in [0.717, 1.165) is 6.07 Å². The van der Waals surface area contributed by atoms with Gasteiger partial charge in [0.05, 0.1) is 15.6 Å². The van der Waals surface area contributed by atoms with Crippen LogP contribution in [0.5, 0.6) is 0 Å². The molecule has 0 aliphatic rings. The third kappa shape index (κ3) is 2.89. The van der Waals surface area contributed by atoms with Crippen LogP contribution in [0.3, 0.4) is 0 Å². The van der Waals surface area contributed by atoms with Crippen molar-refractivity contribution in [1.29, 1.82) is 0 Å². The molecule has 0 spiro atoms. The monoisotopic (exact) mass is 392 g/mol. The van der Waals surface area contributed by atoms with Crippen molar-refractivity contribution in [3.63, 3.8) is 0 Å². The second-order valence-electron chi connectivity index (χ2n) is 4.15. The maximum atomic E-state index is 13.8. The van der Waals surface area contributed by atoms with Crippen LogP contribution < -0.4 is 0 Å². The van der Waals surface area contributed by atoms with Crippen LogP contribution in [0.25, 0.3) is 11.1 Å². The van der Waals surface area contributed by atoms with Gasteiger partial charge in [-0.15, -0.1) is 0 Å². The molecule has 124 valence electrons. The fourth-order valence-corrected chi connectivity index (χ4v) is 3.21. The predicted octanol–water partition coefficient (Wildman–Crippen LogP) is 4.60. The molecular formula is C12H3Cl2F5O3S. The summed E-state index contributed by atoms with van der Waals surface area (Å²) in [4.78, 5) is -1.01. The average molecular weight is 393 g/mol. The summed E-state index contributed by atoms with van der Waals surface area (Å²) in [6.45, 7) is 0. The molecule has 2 aromatic rings. The molecule has 2 aromatic carbocycles. The molecule has 0 amide bonds. The Bertz CT molecular complexity index is 902. The van der Waals surface area contributed by atoms with Crippen LogP contribution in [-0.2, 0) is 10.1 Å². The van der Waals surface area contributed by atoms with Crippen LogP contribution in [0, 0.1) is 29.1 Å². The molecular weight excluding hydrogens is 390 g/mol. The first-order valence-electron chi connectivity index (χ1n) is 5.45. The molecule has 0 aliphatic carbocycles. The predicted molar refractivity (Wildman–Crippen MR) is 71.5 cm³/mol. The van der Waals surface area contributed by atoms with E-state index in [0.29, 0.717) is 6.07 Å². The van der Waals surface area contributed by atoms with Gasteiger partial charge in [0.1, 0.15) is 4.90 Å². The molecule has 0 unspecified atom stereocenters. The Morgan fingerprint density at radius 3 is 1.65 bits per heavy atom. The van der Waals surface area contributed by atoms with Crippen molar-refractivity contribution < 1.29 is 34.9 Å². The highest BCUT2D eigenvalue weighted by atomic mass is 35.5. The zero-order valence-electron chi connectivity index (χ0n) is 10.5. The summed E-state index contributed by atoms with van der Waals surface area (Å²) >= 11 is 11.3. The van der Waals surface area contributed by atoms with Gasteiger partial charge in [0, 0.05) is 5.56 Å². The second kappa shape index (κ2) is 5.90. The van der Waals surface area contributed by atoms with E-state index in [-0.39, 0.29) is 0 Å². The molecule has 0 heterocycles. The normalized spacial score (nSPS) is 11.8. The van der Waals surface area contributed by atoms with Crippen LogP contribution >= 0.6 is 23.2 Å². The Hall–Kier alpha value is -1.42. The SMILES string of the molecule is O=S(=O)(O)c1ccc(Cl)c(-c2c(F)c(F)c(F)c(F)c2F)c1Cl. The topological polar surface area (TPSA) is 54.4 Å². The van der Waals surface area contributed by atoms with E-state index < -0.39 is 65.3 Å².